The van der Waals surface area contributed by atoms with E-state index in [9.17, 15) is 4.79 Å². The molecule has 0 bridgehead atoms. The van der Waals surface area contributed by atoms with Crippen LogP contribution in [0.25, 0.3) is 10.6 Å². The van der Waals surface area contributed by atoms with Crippen LogP contribution in [-0.2, 0) is 4.79 Å². The maximum Gasteiger partial charge on any atom is 0.220 e. The van der Waals surface area contributed by atoms with Crippen LogP contribution in [-0.4, -0.2) is 24.0 Å². The summed E-state index contributed by atoms with van der Waals surface area (Å²) < 4.78 is 0. The van der Waals surface area contributed by atoms with Crippen molar-refractivity contribution in [1.82, 2.24) is 15.6 Å². The Kier molecular flexibility index (Phi) is 6.43. The van der Waals surface area contributed by atoms with E-state index in [1.54, 1.807) is 11.3 Å². The summed E-state index contributed by atoms with van der Waals surface area (Å²) in [6, 6.07) is 10.2. The van der Waals surface area contributed by atoms with Gasteiger partial charge in [-0.15, -0.1) is 11.3 Å². The highest BCUT2D eigenvalue weighted by Crippen LogP contribution is 2.32. The van der Waals surface area contributed by atoms with Crippen molar-refractivity contribution in [2.45, 2.75) is 46.1 Å². The highest BCUT2D eigenvalue weighted by atomic mass is 32.1. The van der Waals surface area contributed by atoms with Crippen molar-refractivity contribution in [3.63, 3.8) is 0 Å². The van der Waals surface area contributed by atoms with E-state index in [1.165, 1.54) is 12.8 Å². The van der Waals surface area contributed by atoms with Crippen LogP contribution in [0.4, 0.5) is 0 Å². The Morgan fingerprint density at radius 3 is 2.65 bits per heavy atom. The molecule has 3 rings (SSSR count). The smallest absolute Gasteiger partial charge is 0.220 e. The van der Waals surface area contributed by atoms with Gasteiger partial charge in [-0.1, -0.05) is 37.3 Å². The molecular weight excluding hydrogens is 342 g/mol. The summed E-state index contributed by atoms with van der Waals surface area (Å²) in [4.78, 5) is 18.4. The number of carbonyl (C=O) groups excluding carboxylic acids is 1. The molecule has 4 nitrogen and oxygen atoms in total. The summed E-state index contributed by atoms with van der Waals surface area (Å²) in [7, 11) is 0. The van der Waals surface area contributed by atoms with Crippen LogP contribution < -0.4 is 10.6 Å². The largest absolute Gasteiger partial charge is 0.349 e. The van der Waals surface area contributed by atoms with Crippen molar-refractivity contribution >= 4 is 17.2 Å². The minimum atomic E-state index is -0.00214. The van der Waals surface area contributed by atoms with Gasteiger partial charge in [-0.05, 0) is 51.6 Å². The summed E-state index contributed by atoms with van der Waals surface area (Å²) >= 11 is 1.68. The molecule has 1 aliphatic rings. The van der Waals surface area contributed by atoms with Crippen molar-refractivity contribution < 1.29 is 4.79 Å². The lowest BCUT2D eigenvalue weighted by molar-refractivity contribution is -0.123. The van der Waals surface area contributed by atoms with Gasteiger partial charge in [0.2, 0.25) is 5.91 Å². The summed E-state index contributed by atoms with van der Waals surface area (Å²) in [5.74, 6) is 1.25. The first-order valence-corrected chi connectivity index (χ1v) is 10.4. The maximum absolute atomic E-state index is 12.5. The molecule has 0 saturated carbocycles. The van der Waals surface area contributed by atoms with Gasteiger partial charge in [0.25, 0.3) is 0 Å². The summed E-state index contributed by atoms with van der Waals surface area (Å²) in [6.07, 6.45) is 2.97. The number of nitrogens with one attached hydrogen (secondary N) is 2. The molecule has 5 heteroatoms. The van der Waals surface area contributed by atoms with Crippen molar-refractivity contribution in [3.8, 4) is 10.6 Å². The zero-order valence-corrected chi connectivity index (χ0v) is 16.7. The average molecular weight is 372 g/mol. The number of benzene rings is 1. The van der Waals surface area contributed by atoms with Crippen LogP contribution in [0.1, 0.15) is 49.7 Å². The van der Waals surface area contributed by atoms with E-state index in [2.05, 4.69) is 36.6 Å². The molecule has 2 aromatic rings. The Morgan fingerprint density at radius 2 is 1.96 bits per heavy atom. The minimum absolute atomic E-state index is 0.00214. The van der Waals surface area contributed by atoms with Crippen LogP contribution in [0, 0.1) is 18.8 Å². The predicted molar refractivity (Wildman–Crippen MR) is 108 cm³/mol. The fraction of sp³-hybridized carbons (Fsp3) is 0.524. The fourth-order valence-corrected chi connectivity index (χ4v) is 4.83. The van der Waals surface area contributed by atoms with E-state index in [0.717, 1.165) is 34.2 Å². The van der Waals surface area contributed by atoms with E-state index in [4.69, 9.17) is 4.98 Å². The average Bonchev–Trinajstić information content (AvgIpc) is 3.05. The lowest BCUT2D eigenvalue weighted by Crippen LogP contribution is -2.34. The Balaban J connectivity index is 1.60. The zero-order chi connectivity index (χ0) is 18.5. The molecule has 1 aliphatic heterocycles. The monoisotopic (exact) mass is 371 g/mol. The Labute approximate surface area is 160 Å². The normalized spacial score (nSPS) is 17.7. The highest BCUT2D eigenvalue weighted by molar-refractivity contribution is 7.15. The first-order chi connectivity index (χ1) is 12.5. The lowest BCUT2D eigenvalue weighted by Gasteiger charge is -2.28. The third-order valence-corrected chi connectivity index (χ3v) is 6.71. The van der Waals surface area contributed by atoms with Gasteiger partial charge in [-0.2, -0.15) is 0 Å². The molecule has 1 saturated heterocycles. The fourth-order valence-electron chi connectivity index (χ4n) is 3.75. The van der Waals surface area contributed by atoms with Crippen LogP contribution >= 0.6 is 11.3 Å². The van der Waals surface area contributed by atoms with Crippen molar-refractivity contribution in [2.24, 2.45) is 11.8 Å². The van der Waals surface area contributed by atoms with Crippen LogP contribution in [0.15, 0.2) is 30.3 Å². The summed E-state index contributed by atoms with van der Waals surface area (Å²) in [5.41, 5.74) is 2.14. The van der Waals surface area contributed by atoms with Crippen molar-refractivity contribution in [3.05, 3.63) is 40.9 Å². The lowest BCUT2D eigenvalue weighted by atomic mass is 9.84. The molecule has 0 unspecified atom stereocenters. The number of amides is 1. The molecule has 0 radical (unpaired) electrons. The number of aryl methyl sites for hydroxylation is 1. The number of carbonyl (C=O) groups is 1. The number of hydrogen-bond acceptors (Lipinski definition) is 4. The number of thiazole rings is 1. The topological polar surface area (TPSA) is 54.0 Å². The van der Waals surface area contributed by atoms with Crippen LogP contribution in [0.2, 0.25) is 0 Å². The molecule has 1 fully saturated rings. The molecule has 1 amide bonds. The minimum Gasteiger partial charge on any atom is -0.349 e. The van der Waals surface area contributed by atoms with Gasteiger partial charge >= 0.3 is 0 Å². The Morgan fingerprint density at radius 1 is 1.27 bits per heavy atom. The van der Waals surface area contributed by atoms with Gasteiger partial charge in [-0.3, -0.25) is 4.79 Å². The second kappa shape index (κ2) is 8.78. The van der Waals surface area contributed by atoms with E-state index in [-0.39, 0.29) is 11.9 Å². The van der Waals surface area contributed by atoms with E-state index < -0.39 is 0 Å². The van der Waals surface area contributed by atoms with E-state index in [1.807, 2.05) is 25.1 Å². The Hall–Kier alpha value is -1.72. The number of hydrogen-bond donors (Lipinski definition) is 2. The zero-order valence-electron chi connectivity index (χ0n) is 15.9. The molecular formula is C21H29N3OS. The standard InChI is InChI=1S/C21H29N3OS/c1-14(17-9-11-22-12-10-17)13-19(25)23-15(2)20-16(3)24-21(26-20)18-7-5-4-6-8-18/h4-8,14-15,17,22H,9-13H2,1-3H3,(H,23,25)/t14-,15-/m0/s1. The van der Waals surface area contributed by atoms with Gasteiger partial charge in [0.05, 0.1) is 16.6 Å². The molecule has 140 valence electrons. The van der Waals surface area contributed by atoms with Gasteiger partial charge < -0.3 is 10.6 Å². The van der Waals surface area contributed by atoms with Crippen molar-refractivity contribution in [2.75, 3.05) is 13.1 Å². The van der Waals surface area contributed by atoms with Gasteiger partial charge in [-0.25, -0.2) is 4.98 Å². The summed E-state index contributed by atoms with van der Waals surface area (Å²) in [5, 5.41) is 7.60. The van der Waals surface area contributed by atoms with E-state index >= 15 is 0 Å². The van der Waals surface area contributed by atoms with Crippen molar-refractivity contribution in [1.29, 1.82) is 0 Å². The predicted octanol–water partition coefficient (Wildman–Crippen LogP) is 4.32. The highest BCUT2D eigenvalue weighted by Gasteiger charge is 2.23. The van der Waals surface area contributed by atoms with Crippen LogP contribution in [0.3, 0.4) is 0 Å². The first-order valence-electron chi connectivity index (χ1n) is 9.57. The molecule has 2 N–H and O–H groups in total. The number of rotatable bonds is 6. The molecule has 2 heterocycles. The molecule has 26 heavy (non-hydrogen) atoms. The third-order valence-electron chi connectivity index (χ3n) is 5.32. The molecule has 2 atom stereocenters. The number of aromatic nitrogens is 1. The number of piperidine rings is 1. The first kappa shape index (κ1) is 19.1. The molecule has 0 spiro atoms. The maximum atomic E-state index is 12.5. The van der Waals surface area contributed by atoms with Gasteiger partial charge in [0, 0.05) is 12.0 Å². The van der Waals surface area contributed by atoms with E-state index in [0.29, 0.717) is 18.3 Å². The van der Waals surface area contributed by atoms with Gasteiger partial charge in [0.1, 0.15) is 5.01 Å². The Bertz CT molecular complexity index is 722. The second-order valence-corrected chi connectivity index (χ2v) is 8.42. The molecule has 1 aromatic heterocycles. The second-order valence-electron chi connectivity index (χ2n) is 7.39. The SMILES string of the molecule is Cc1nc(-c2ccccc2)sc1[C@H](C)NC(=O)C[C@H](C)C1CCNCC1. The number of nitrogens with zero attached hydrogens (tertiary/aromatic N) is 1. The van der Waals surface area contributed by atoms with Gasteiger partial charge in [0.15, 0.2) is 0 Å². The quantitative estimate of drug-likeness (QED) is 0.795. The summed E-state index contributed by atoms with van der Waals surface area (Å²) in [6.45, 7) is 8.46. The molecule has 0 aliphatic carbocycles. The van der Waals surface area contributed by atoms with Crippen LogP contribution in [0.5, 0.6) is 0 Å². The molecule has 1 aromatic carbocycles. The third kappa shape index (κ3) is 4.71.